The van der Waals surface area contributed by atoms with E-state index in [0.29, 0.717) is 23.9 Å². The summed E-state index contributed by atoms with van der Waals surface area (Å²) < 4.78 is 1.61. The first kappa shape index (κ1) is 19.9. The van der Waals surface area contributed by atoms with Crippen LogP contribution in [0.25, 0.3) is 0 Å². The number of aliphatic hydroxyl groups is 1. The molecule has 2 saturated heterocycles. The highest BCUT2D eigenvalue weighted by Gasteiger charge is 2.42. The van der Waals surface area contributed by atoms with Crippen molar-refractivity contribution in [3.63, 3.8) is 0 Å². The largest absolute Gasteiger partial charge is 0.394 e. The monoisotopic (exact) mass is 396 g/mol. The van der Waals surface area contributed by atoms with Crippen molar-refractivity contribution in [2.24, 2.45) is 0 Å². The minimum atomic E-state index is -0.513. The molecule has 10 heteroatoms. The van der Waals surface area contributed by atoms with Crippen LogP contribution in [-0.4, -0.2) is 61.7 Å². The fourth-order valence-electron chi connectivity index (χ4n) is 3.30. The Morgan fingerprint density at radius 1 is 1.44 bits per heavy atom. The predicted octanol–water partition coefficient (Wildman–Crippen LogP) is 0.348. The number of unbranched alkanes of at least 4 members (excludes halogenated alkanes) is 1. The van der Waals surface area contributed by atoms with Gasteiger partial charge in [0.2, 0.25) is 5.91 Å². The molecule has 0 spiro atoms. The highest BCUT2D eigenvalue weighted by Crippen LogP contribution is 2.33. The third-order valence-electron chi connectivity index (χ3n) is 5.10. The van der Waals surface area contributed by atoms with Crippen LogP contribution in [0.1, 0.15) is 45.2 Å². The van der Waals surface area contributed by atoms with Crippen molar-refractivity contribution in [2.45, 2.75) is 68.9 Å². The van der Waals surface area contributed by atoms with Gasteiger partial charge in [0.25, 0.3) is 0 Å². The fourth-order valence-corrected chi connectivity index (χ4v) is 4.84. The number of aromatic nitrogens is 3. The van der Waals surface area contributed by atoms with Crippen LogP contribution < -0.4 is 16.0 Å². The summed E-state index contributed by atoms with van der Waals surface area (Å²) in [7, 11) is 0. The zero-order valence-electron chi connectivity index (χ0n) is 15.8. The predicted molar refractivity (Wildman–Crippen MR) is 102 cm³/mol. The molecule has 3 rings (SSSR count). The number of thioether (sulfide) groups is 1. The molecule has 1 aromatic rings. The van der Waals surface area contributed by atoms with Gasteiger partial charge in [0.15, 0.2) is 0 Å². The number of aliphatic hydroxyl groups excluding tert-OH is 1. The molecule has 3 heterocycles. The Morgan fingerprint density at radius 3 is 3.04 bits per heavy atom. The number of fused-ring (bicyclic) bond motifs is 1. The smallest absolute Gasteiger partial charge is 0.315 e. The summed E-state index contributed by atoms with van der Waals surface area (Å²) in [6.07, 6.45) is 5.02. The highest BCUT2D eigenvalue weighted by atomic mass is 32.2. The second kappa shape index (κ2) is 8.47. The first-order valence-corrected chi connectivity index (χ1v) is 10.4. The maximum atomic E-state index is 12.0. The summed E-state index contributed by atoms with van der Waals surface area (Å²) in [6.45, 7) is 4.02. The summed E-state index contributed by atoms with van der Waals surface area (Å²) in [5.74, 6) is 0.959. The molecule has 2 aliphatic rings. The summed E-state index contributed by atoms with van der Waals surface area (Å²) in [5.41, 5.74) is 0.156. The van der Waals surface area contributed by atoms with E-state index in [9.17, 15) is 14.7 Å². The van der Waals surface area contributed by atoms with E-state index in [1.165, 1.54) is 0 Å². The first-order chi connectivity index (χ1) is 12.9. The molecule has 3 atom stereocenters. The lowest BCUT2D eigenvalue weighted by Crippen LogP contribution is -2.36. The second-order valence-electron chi connectivity index (χ2n) is 7.77. The number of carbonyl (C=O) groups excluding carboxylic acids is 2. The van der Waals surface area contributed by atoms with Gasteiger partial charge < -0.3 is 21.1 Å². The molecule has 9 nitrogen and oxygen atoms in total. The van der Waals surface area contributed by atoms with E-state index >= 15 is 0 Å². The lowest BCUT2D eigenvalue weighted by Gasteiger charge is -2.20. The lowest BCUT2D eigenvalue weighted by molar-refractivity contribution is -0.121. The number of carbonyl (C=O) groups is 2. The standard InChI is InChI=1S/C17H28N6O3S/c1-17(2,10-24)23-8-11(21-22-23)7-18-14(25)6-4-3-5-13-15-12(9-27-13)19-16(26)20-15/h8,12-13,15,24H,3-7,9-10H2,1-2H3,(H,18,25)(H2,19,20,26). The summed E-state index contributed by atoms with van der Waals surface area (Å²) in [4.78, 5) is 23.4. The van der Waals surface area contributed by atoms with Crippen molar-refractivity contribution in [2.75, 3.05) is 12.4 Å². The van der Waals surface area contributed by atoms with E-state index in [2.05, 4.69) is 26.3 Å². The van der Waals surface area contributed by atoms with Gasteiger partial charge in [-0.1, -0.05) is 11.6 Å². The molecular formula is C17H28N6O3S. The average molecular weight is 397 g/mol. The summed E-state index contributed by atoms with van der Waals surface area (Å²) in [6, 6.07) is 0.413. The Balaban J connectivity index is 1.32. The van der Waals surface area contributed by atoms with Gasteiger partial charge in [-0.3, -0.25) is 4.79 Å². The minimum Gasteiger partial charge on any atom is -0.394 e. The van der Waals surface area contributed by atoms with Crippen LogP contribution in [0, 0.1) is 0 Å². The van der Waals surface area contributed by atoms with Gasteiger partial charge in [-0.05, 0) is 26.7 Å². The number of urea groups is 1. The van der Waals surface area contributed by atoms with E-state index in [-0.39, 0.29) is 30.6 Å². The number of hydrogen-bond acceptors (Lipinski definition) is 6. The Morgan fingerprint density at radius 2 is 2.26 bits per heavy atom. The van der Waals surface area contributed by atoms with E-state index in [1.54, 1.807) is 10.9 Å². The van der Waals surface area contributed by atoms with Crippen molar-refractivity contribution in [3.05, 3.63) is 11.9 Å². The summed E-state index contributed by atoms with van der Waals surface area (Å²) >= 11 is 1.90. The Labute approximate surface area is 163 Å². The molecule has 1 aromatic heterocycles. The van der Waals surface area contributed by atoms with Gasteiger partial charge in [0.1, 0.15) is 5.69 Å². The maximum Gasteiger partial charge on any atom is 0.315 e. The number of nitrogens with one attached hydrogen (secondary N) is 3. The zero-order valence-corrected chi connectivity index (χ0v) is 16.6. The second-order valence-corrected chi connectivity index (χ2v) is 9.04. The van der Waals surface area contributed by atoms with Gasteiger partial charge >= 0.3 is 6.03 Å². The van der Waals surface area contributed by atoms with Gasteiger partial charge in [0, 0.05) is 17.4 Å². The maximum absolute atomic E-state index is 12.0. The molecule has 2 fully saturated rings. The van der Waals surface area contributed by atoms with E-state index in [0.717, 1.165) is 25.0 Å². The molecule has 0 bridgehead atoms. The Hall–Kier alpha value is -1.81. The van der Waals surface area contributed by atoms with Gasteiger partial charge in [0.05, 0.1) is 37.0 Å². The van der Waals surface area contributed by atoms with E-state index < -0.39 is 5.54 Å². The van der Waals surface area contributed by atoms with Crippen LogP contribution >= 0.6 is 11.8 Å². The van der Waals surface area contributed by atoms with Crippen LogP contribution in [0.3, 0.4) is 0 Å². The van der Waals surface area contributed by atoms with Crippen molar-refractivity contribution in [1.82, 2.24) is 30.9 Å². The Bertz CT molecular complexity index is 679. The molecule has 0 radical (unpaired) electrons. The SMILES string of the molecule is CC(C)(CO)n1cc(CNC(=O)CCCCC2SCC3NC(=O)NC32)nn1. The molecule has 2 aliphatic heterocycles. The molecule has 3 amide bonds. The van der Waals surface area contributed by atoms with Crippen molar-refractivity contribution in [1.29, 1.82) is 0 Å². The molecular weight excluding hydrogens is 368 g/mol. The number of rotatable bonds is 9. The average Bonchev–Trinajstić information content (AvgIpc) is 3.33. The first-order valence-electron chi connectivity index (χ1n) is 9.37. The van der Waals surface area contributed by atoms with Gasteiger partial charge in [-0.15, -0.1) is 5.10 Å². The minimum absolute atomic E-state index is 0.00115. The molecule has 4 N–H and O–H groups in total. The molecule has 0 aromatic carbocycles. The molecule has 150 valence electrons. The fraction of sp³-hybridized carbons (Fsp3) is 0.765. The normalized spacial score (nSPS) is 24.4. The number of nitrogens with zero attached hydrogens (tertiary/aromatic N) is 3. The Kier molecular flexibility index (Phi) is 6.25. The quantitative estimate of drug-likeness (QED) is 0.353. The third kappa shape index (κ3) is 4.92. The van der Waals surface area contributed by atoms with E-state index in [1.807, 2.05) is 25.6 Å². The topological polar surface area (TPSA) is 121 Å². The van der Waals surface area contributed by atoms with Crippen LogP contribution in [-0.2, 0) is 16.9 Å². The molecule has 0 saturated carbocycles. The number of hydrogen-bond donors (Lipinski definition) is 4. The van der Waals surface area contributed by atoms with E-state index in [4.69, 9.17) is 0 Å². The highest BCUT2D eigenvalue weighted by molar-refractivity contribution is 8.00. The van der Waals surface area contributed by atoms with Gasteiger partial charge in [-0.25, -0.2) is 9.48 Å². The van der Waals surface area contributed by atoms with Crippen molar-refractivity contribution in [3.8, 4) is 0 Å². The van der Waals surface area contributed by atoms with Gasteiger partial charge in [-0.2, -0.15) is 11.8 Å². The molecule has 27 heavy (non-hydrogen) atoms. The number of amides is 3. The zero-order chi connectivity index (χ0) is 19.4. The van der Waals surface area contributed by atoms with Crippen LogP contribution in [0.5, 0.6) is 0 Å². The lowest BCUT2D eigenvalue weighted by atomic mass is 10.0. The summed E-state index contributed by atoms with van der Waals surface area (Å²) in [5, 5.41) is 26.6. The van der Waals surface area contributed by atoms with Crippen LogP contribution in [0.2, 0.25) is 0 Å². The van der Waals surface area contributed by atoms with Crippen molar-refractivity contribution >= 4 is 23.7 Å². The van der Waals surface area contributed by atoms with Crippen LogP contribution in [0.15, 0.2) is 6.20 Å². The molecule has 3 unspecified atom stereocenters. The van der Waals surface area contributed by atoms with Crippen LogP contribution in [0.4, 0.5) is 4.79 Å². The molecule has 0 aliphatic carbocycles. The third-order valence-corrected chi connectivity index (χ3v) is 6.60. The van der Waals surface area contributed by atoms with Crippen molar-refractivity contribution < 1.29 is 14.7 Å².